The van der Waals surface area contributed by atoms with Crippen molar-refractivity contribution < 1.29 is 28.6 Å². The molecule has 0 aromatic rings. The van der Waals surface area contributed by atoms with Gasteiger partial charge in [0.1, 0.15) is 13.2 Å². The number of carbonyl (C=O) groups excluding carboxylic acids is 3. The van der Waals surface area contributed by atoms with Crippen molar-refractivity contribution in [1.82, 2.24) is 0 Å². The lowest BCUT2D eigenvalue weighted by molar-refractivity contribution is -0.167. The van der Waals surface area contributed by atoms with Crippen LogP contribution in [0.4, 0.5) is 0 Å². The average molecular weight is 1090 g/mol. The number of hydrogen-bond acceptors (Lipinski definition) is 6. The molecule has 0 heterocycles. The van der Waals surface area contributed by atoms with Crippen molar-refractivity contribution in [2.75, 3.05) is 13.2 Å². The third-order valence-electron chi connectivity index (χ3n) is 16.3. The second-order valence-electron chi connectivity index (χ2n) is 24.2. The topological polar surface area (TPSA) is 78.9 Å². The van der Waals surface area contributed by atoms with Crippen LogP contribution in [-0.4, -0.2) is 37.2 Å². The first kappa shape index (κ1) is 75.2. The Labute approximate surface area is 481 Å². The van der Waals surface area contributed by atoms with Gasteiger partial charge in [-0.2, -0.15) is 0 Å². The number of allylic oxidation sites excluding steroid dienone is 2. The van der Waals surface area contributed by atoms with Gasteiger partial charge in [0.05, 0.1) is 0 Å². The van der Waals surface area contributed by atoms with Crippen LogP contribution in [0.5, 0.6) is 0 Å². The van der Waals surface area contributed by atoms with Crippen LogP contribution < -0.4 is 0 Å². The Kier molecular flexibility index (Phi) is 65.1. The number of hydrogen-bond donors (Lipinski definition) is 0. The van der Waals surface area contributed by atoms with E-state index in [0.717, 1.165) is 64.2 Å². The summed E-state index contributed by atoms with van der Waals surface area (Å²) >= 11 is 0. The van der Waals surface area contributed by atoms with Crippen LogP contribution in [0.3, 0.4) is 0 Å². The minimum atomic E-state index is -0.769. The minimum absolute atomic E-state index is 0.0674. The largest absolute Gasteiger partial charge is 0.462 e. The van der Waals surface area contributed by atoms with Gasteiger partial charge in [0.25, 0.3) is 0 Å². The fraction of sp³-hybridized carbons (Fsp3) is 0.930. The van der Waals surface area contributed by atoms with Crippen molar-refractivity contribution in [3.8, 4) is 0 Å². The van der Waals surface area contributed by atoms with Crippen LogP contribution in [0.2, 0.25) is 0 Å². The summed E-state index contributed by atoms with van der Waals surface area (Å²) in [6.07, 6.45) is 79.9. The summed E-state index contributed by atoms with van der Waals surface area (Å²) in [5, 5.41) is 0. The van der Waals surface area contributed by atoms with Gasteiger partial charge in [-0.15, -0.1) is 0 Å². The summed E-state index contributed by atoms with van der Waals surface area (Å²) in [6.45, 7) is 6.68. The quantitative estimate of drug-likeness (QED) is 0.0261. The molecule has 0 bridgehead atoms. The maximum absolute atomic E-state index is 12.9. The lowest BCUT2D eigenvalue weighted by Gasteiger charge is -2.18. The molecule has 6 heteroatoms. The van der Waals surface area contributed by atoms with Gasteiger partial charge < -0.3 is 14.2 Å². The number of ether oxygens (including phenoxy) is 3. The van der Waals surface area contributed by atoms with Crippen molar-refractivity contribution in [3.05, 3.63) is 12.2 Å². The van der Waals surface area contributed by atoms with Crippen molar-refractivity contribution in [1.29, 1.82) is 0 Å². The summed E-state index contributed by atoms with van der Waals surface area (Å²) in [6, 6.07) is 0. The summed E-state index contributed by atoms with van der Waals surface area (Å²) in [5.74, 6) is -0.851. The molecule has 0 radical (unpaired) electrons. The van der Waals surface area contributed by atoms with E-state index in [-0.39, 0.29) is 31.1 Å². The van der Waals surface area contributed by atoms with Gasteiger partial charge >= 0.3 is 17.9 Å². The monoisotopic (exact) mass is 1090 g/mol. The van der Waals surface area contributed by atoms with Crippen LogP contribution in [0.25, 0.3) is 0 Å². The van der Waals surface area contributed by atoms with Gasteiger partial charge in [0, 0.05) is 19.3 Å². The number of carbonyl (C=O) groups is 3. The molecule has 0 aromatic carbocycles. The van der Waals surface area contributed by atoms with E-state index in [4.69, 9.17) is 14.2 Å². The SMILES string of the molecule is CCCCCCCCC/C=C\CCCCCCCC(=O)OC(COC(=O)CCCCCCCCCCC)COC(=O)CCCCCCCCCCCCCCCCCCCCCCCCCCCCCCCCCCCC. The molecule has 0 rings (SSSR count). The first-order valence-corrected chi connectivity index (χ1v) is 35.2. The molecule has 77 heavy (non-hydrogen) atoms. The highest BCUT2D eigenvalue weighted by Gasteiger charge is 2.19. The predicted molar refractivity (Wildman–Crippen MR) is 335 cm³/mol. The van der Waals surface area contributed by atoms with Gasteiger partial charge in [0.15, 0.2) is 6.10 Å². The Hall–Kier alpha value is -1.85. The Bertz CT molecular complexity index is 1200. The third-order valence-corrected chi connectivity index (χ3v) is 16.3. The maximum Gasteiger partial charge on any atom is 0.306 e. The average Bonchev–Trinajstić information content (AvgIpc) is 3.43. The van der Waals surface area contributed by atoms with Gasteiger partial charge in [-0.1, -0.05) is 354 Å². The lowest BCUT2D eigenvalue weighted by atomic mass is 10.0. The van der Waals surface area contributed by atoms with Crippen LogP contribution in [0, 0.1) is 0 Å². The number of esters is 3. The zero-order valence-electron chi connectivity index (χ0n) is 52.5. The molecule has 0 saturated carbocycles. The van der Waals surface area contributed by atoms with E-state index in [1.165, 1.54) is 302 Å². The van der Waals surface area contributed by atoms with E-state index >= 15 is 0 Å². The number of rotatable bonds is 66. The van der Waals surface area contributed by atoms with Gasteiger partial charge in [0.2, 0.25) is 0 Å². The van der Waals surface area contributed by atoms with Crippen LogP contribution in [-0.2, 0) is 28.6 Å². The van der Waals surface area contributed by atoms with E-state index in [0.29, 0.717) is 19.3 Å². The van der Waals surface area contributed by atoms with Crippen molar-refractivity contribution in [2.24, 2.45) is 0 Å². The second-order valence-corrected chi connectivity index (χ2v) is 24.2. The van der Waals surface area contributed by atoms with E-state index < -0.39 is 6.10 Å². The second kappa shape index (κ2) is 66.7. The van der Waals surface area contributed by atoms with Gasteiger partial charge in [-0.05, 0) is 44.9 Å². The molecule has 0 saturated heterocycles. The van der Waals surface area contributed by atoms with Crippen molar-refractivity contribution in [3.63, 3.8) is 0 Å². The molecule has 0 aliphatic rings. The molecule has 0 fully saturated rings. The summed E-state index contributed by atoms with van der Waals surface area (Å²) in [5.41, 5.74) is 0. The number of unbranched alkanes of at least 4 members (excludes halogenated alkanes) is 53. The molecule has 1 unspecified atom stereocenters. The molecular weight excluding hydrogens is 949 g/mol. The predicted octanol–water partition coefficient (Wildman–Crippen LogP) is 24.0. The molecule has 0 amide bonds. The molecule has 0 aliphatic heterocycles. The maximum atomic E-state index is 12.9. The van der Waals surface area contributed by atoms with Crippen LogP contribution in [0.1, 0.15) is 406 Å². The Morgan fingerprint density at radius 3 is 0.649 bits per heavy atom. The van der Waals surface area contributed by atoms with E-state index in [9.17, 15) is 14.4 Å². The van der Waals surface area contributed by atoms with Crippen molar-refractivity contribution in [2.45, 2.75) is 412 Å². The summed E-state index contributed by atoms with van der Waals surface area (Å²) in [4.78, 5) is 38.2. The zero-order chi connectivity index (χ0) is 55.7. The van der Waals surface area contributed by atoms with Gasteiger partial charge in [-0.3, -0.25) is 14.4 Å². The molecule has 456 valence electrons. The molecule has 0 aliphatic carbocycles. The first-order chi connectivity index (χ1) is 38.0. The Balaban J connectivity index is 3.96. The van der Waals surface area contributed by atoms with Crippen LogP contribution >= 0.6 is 0 Å². The molecule has 0 aromatic heterocycles. The fourth-order valence-corrected chi connectivity index (χ4v) is 11.0. The smallest absolute Gasteiger partial charge is 0.306 e. The third kappa shape index (κ3) is 64.9. The Morgan fingerprint density at radius 2 is 0.429 bits per heavy atom. The summed E-state index contributed by atoms with van der Waals surface area (Å²) < 4.78 is 16.9. The summed E-state index contributed by atoms with van der Waals surface area (Å²) in [7, 11) is 0. The molecule has 1 atom stereocenters. The lowest BCUT2D eigenvalue weighted by Crippen LogP contribution is -2.30. The fourth-order valence-electron chi connectivity index (χ4n) is 11.0. The molecule has 6 nitrogen and oxygen atoms in total. The highest BCUT2D eigenvalue weighted by atomic mass is 16.6. The highest BCUT2D eigenvalue weighted by molar-refractivity contribution is 5.71. The van der Waals surface area contributed by atoms with Gasteiger partial charge in [-0.25, -0.2) is 0 Å². The molecule has 0 spiro atoms. The molecular formula is C71H136O6. The van der Waals surface area contributed by atoms with E-state index in [2.05, 4.69) is 32.9 Å². The normalized spacial score (nSPS) is 12.0. The molecule has 0 N–H and O–H groups in total. The van der Waals surface area contributed by atoms with Crippen molar-refractivity contribution >= 4 is 17.9 Å². The minimum Gasteiger partial charge on any atom is -0.462 e. The Morgan fingerprint density at radius 1 is 0.247 bits per heavy atom. The first-order valence-electron chi connectivity index (χ1n) is 35.2. The zero-order valence-corrected chi connectivity index (χ0v) is 52.5. The highest BCUT2D eigenvalue weighted by Crippen LogP contribution is 2.19. The standard InChI is InChI=1S/C71H136O6/c1-4-7-10-13-16-19-21-23-25-27-28-29-30-31-32-33-34-35-36-37-38-39-40-41-42-43-44-46-47-49-52-55-58-61-64-70(73)76-67-68(66-75-69(72)63-60-57-54-51-18-15-12-9-6-3)77-71(74)65-62-59-56-53-50-48-45-26-24-22-20-17-14-11-8-5-2/h26,45,68H,4-25,27-44,46-67H2,1-3H3/b45-26-. The van der Waals surface area contributed by atoms with Crippen LogP contribution in [0.15, 0.2) is 12.2 Å². The van der Waals surface area contributed by atoms with E-state index in [1.807, 2.05) is 0 Å². The van der Waals surface area contributed by atoms with E-state index in [1.54, 1.807) is 0 Å².